The summed E-state index contributed by atoms with van der Waals surface area (Å²) in [4.78, 5) is 9.63. The third kappa shape index (κ3) is 2.96. The van der Waals surface area contributed by atoms with E-state index in [1.165, 1.54) is 12.1 Å². The summed E-state index contributed by atoms with van der Waals surface area (Å²) in [5.41, 5.74) is 5.73. The highest BCUT2D eigenvalue weighted by molar-refractivity contribution is 5.46. The van der Waals surface area contributed by atoms with Crippen LogP contribution in [0.5, 0.6) is 0 Å². The Morgan fingerprint density at radius 1 is 1.50 bits per heavy atom. The van der Waals surface area contributed by atoms with Gasteiger partial charge in [0.05, 0.1) is 12.1 Å². The Hall–Kier alpha value is -1.65. The maximum atomic E-state index is 10.1. The fraction of sp³-hybridized carbons (Fsp3) is 0.143. The van der Waals surface area contributed by atoms with E-state index in [4.69, 9.17) is 5.73 Å². The molecule has 0 aliphatic rings. The van der Waals surface area contributed by atoms with Gasteiger partial charge in [-0.15, -0.1) is 0 Å². The van der Waals surface area contributed by atoms with Crippen LogP contribution in [0.15, 0.2) is 24.3 Å². The Kier molecular flexibility index (Phi) is 4.36. The number of nitro benzene ring substituents is 1. The van der Waals surface area contributed by atoms with Crippen LogP contribution < -0.4 is 5.73 Å². The summed E-state index contributed by atoms with van der Waals surface area (Å²) in [6, 6.07) is 5.87. The molecule has 0 spiro atoms. The molecule has 4 nitrogen and oxygen atoms in total. The lowest BCUT2D eigenvalue weighted by Gasteiger charge is -1.90. The zero-order valence-corrected chi connectivity index (χ0v) is 6.53. The average Bonchev–Trinajstić information content (AvgIpc) is 2.08. The van der Waals surface area contributed by atoms with Crippen LogP contribution in [0, 0.1) is 10.1 Å². The summed E-state index contributed by atoms with van der Waals surface area (Å²) < 4.78 is 9.50. The number of alkyl halides is 1. The number of hydrogen-bond donors (Lipinski definition) is 1. The van der Waals surface area contributed by atoms with E-state index in [2.05, 4.69) is 0 Å². The molecule has 0 atom stereocenters. The second kappa shape index (κ2) is 5.06. The smallest absolute Gasteiger partial charge is 0.271 e. The summed E-state index contributed by atoms with van der Waals surface area (Å²) in [6.45, 7) is 0. The van der Waals surface area contributed by atoms with Crippen LogP contribution in [-0.2, 0) is 0 Å². The highest BCUT2D eigenvalue weighted by Crippen LogP contribution is 2.13. The molecule has 0 aromatic heterocycles. The molecule has 1 aromatic rings. The number of nitrogens with zero attached hydrogens (tertiary/aromatic N) is 1. The lowest BCUT2D eigenvalue weighted by Crippen LogP contribution is -1.89. The number of rotatable bonds is 1. The summed E-state index contributed by atoms with van der Waals surface area (Å²) in [5.74, 6) is 0. The van der Waals surface area contributed by atoms with Crippen LogP contribution in [0.3, 0.4) is 0 Å². The molecule has 0 radical (unpaired) electrons. The van der Waals surface area contributed by atoms with Crippen LogP contribution in [0.2, 0.25) is 0 Å². The predicted octanol–water partition coefficient (Wildman–Crippen LogP) is 1.76. The fourth-order valence-electron chi connectivity index (χ4n) is 0.638. The van der Waals surface area contributed by atoms with Gasteiger partial charge in [0.15, 0.2) is 0 Å². The maximum Gasteiger partial charge on any atom is 0.271 e. The van der Waals surface area contributed by atoms with Crippen molar-refractivity contribution in [2.24, 2.45) is 0 Å². The first-order chi connectivity index (χ1) is 5.70. The predicted molar refractivity (Wildman–Crippen MR) is 44.5 cm³/mol. The molecule has 2 N–H and O–H groups in total. The van der Waals surface area contributed by atoms with E-state index < -0.39 is 4.92 Å². The zero-order valence-electron chi connectivity index (χ0n) is 6.53. The third-order valence-corrected chi connectivity index (χ3v) is 1.08. The SMILES string of the molecule is CF.Nc1cccc([N+](=O)[O-])c1. The first kappa shape index (κ1) is 10.3. The minimum atomic E-state index is -0.476. The molecule has 0 unspecified atom stereocenters. The number of non-ortho nitro benzene ring substituents is 1. The van der Waals surface area contributed by atoms with Gasteiger partial charge in [0.2, 0.25) is 0 Å². The lowest BCUT2D eigenvalue weighted by atomic mass is 10.3. The lowest BCUT2D eigenvalue weighted by molar-refractivity contribution is -0.384. The number of nitrogens with two attached hydrogens (primary N) is 1. The van der Waals surface area contributed by atoms with Crippen molar-refractivity contribution in [3.8, 4) is 0 Å². The van der Waals surface area contributed by atoms with Crippen LogP contribution in [0.1, 0.15) is 0 Å². The van der Waals surface area contributed by atoms with Crippen molar-refractivity contribution >= 4 is 11.4 Å². The Labute approximate surface area is 69.0 Å². The number of anilines is 1. The second-order valence-electron chi connectivity index (χ2n) is 1.85. The van der Waals surface area contributed by atoms with Gasteiger partial charge in [-0.05, 0) is 6.07 Å². The highest BCUT2D eigenvalue weighted by atomic mass is 19.1. The number of nitro groups is 1. The van der Waals surface area contributed by atoms with Crippen molar-refractivity contribution in [1.29, 1.82) is 0 Å². The standard InChI is InChI=1S/C6H6N2O2.CH3F/c7-5-2-1-3-6(4-5)8(9)10;1-2/h1-4H,7H2;1H3. The molecule has 5 heteroatoms. The van der Waals surface area contributed by atoms with E-state index >= 15 is 0 Å². The molecule has 0 saturated heterocycles. The van der Waals surface area contributed by atoms with Gasteiger partial charge < -0.3 is 5.73 Å². The van der Waals surface area contributed by atoms with Gasteiger partial charge >= 0.3 is 0 Å². The molecule has 12 heavy (non-hydrogen) atoms. The molecule has 1 rings (SSSR count). The molecule has 0 aliphatic carbocycles. The maximum absolute atomic E-state index is 10.1. The fourth-order valence-corrected chi connectivity index (χ4v) is 0.638. The first-order valence-electron chi connectivity index (χ1n) is 3.08. The van der Waals surface area contributed by atoms with Crippen molar-refractivity contribution in [1.82, 2.24) is 0 Å². The Morgan fingerprint density at radius 3 is 2.42 bits per heavy atom. The van der Waals surface area contributed by atoms with Gasteiger partial charge in [0.25, 0.3) is 5.69 Å². The first-order valence-corrected chi connectivity index (χ1v) is 3.08. The van der Waals surface area contributed by atoms with Crippen LogP contribution >= 0.6 is 0 Å². The van der Waals surface area contributed by atoms with E-state index in [-0.39, 0.29) is 5.69 Å². The van der Waals surface area contributed by atoms with Gasteiger partial charge in [-0.25, -0.2) is 0 Å². The largest absolute Gasteiger partial charge is 0.399 e. The Morgan fingerprint density at radius 2 is 2.08 bits per heavy atom. The summed E-state index contributed by atoms with van der Waals surface area (Å²) in [5, 5.41) is 10.1. The van der Waals surface area contributed by atoms with Crippen molar-refractivity contribution in [2.45, 2.75) is 0 Å². The second-order valence-corrected chi connectivity index (χ2v) is 1.85. The molecule has 0 bridgehead atoms. The van der Waals surface area contributed by atoms with E-state index in [9.17, 15) is 14.5 Å². The van der Waals surface area contributed by atoms with E-state index in [1.807, 2.05) is 0 Å². The van der Waals surface area contributed by atoms with Crippen LogP contribution in [0.25, 0.3) is 0 Å². The molecule has 0 saturated carbocycles. The normalized spacial score (nSPS) is 8.17. The highest BCUT2D eigenvalue weighted by Gasteiger charge is 2.02. The Bertz CT molecular complexity index is 265. The molecule has 1 aromatic carbocycles. The number of hydrogen-bond acceptors (Lipinski definition) is 3. The van der Waals surface area contributed by atoms with E-state index in [0.29, 0.717) is 12.9 Å². The van der Waals surface area contributed by atoms with Gasteiger partial charge in [-0.2, -0.15) is 0 Å². The zero-order chi connectivity index (χ0) is 9.56. The van der Waals surface area contributed by atoms with Crippen molar-refractivity contribution < 1.29 is 9.31 Å². The van der Waals surface area contributed by atoms with E-state index in [0.717, 1.165) is 0 Å². The molecule has 0 heterocycles. The van der Waals surface area contributed by atoms with E-state index in [1.54, 1.807) is 12.1 Å². The molecule has 0 amide bonds. The summed E-state index contributed by atoms with van der Waals surface area (Å²) >= 11 is 0. The summed E-state index contributed by atoms with van der Waals surface area (Å²) in [6.07, 6.45) is 0. The number of halogens is 1. The third-order valence-electron chi connectivity index (χ3n) is 1.08. The average molecular weight is 172 g/mol. The van der Waals surface area contributed by atoms with Gasteiger partial charge in [0.1, 0.15) is 0 Å². The van der Waals surface area contributed by atoms with Crippen molar-refractivity contribution in [2.75, 3.05) is 12.9 Å². The monoisotopic (exact) mass is 172 g/mol. The van der Waals surface area contributed by atoms with Crippen LogP contribution in [-0.4, -0.2) is 12.1 Å². The Balaban J connectivity index is 0.000000561. The van der Waals surface area contributed by atoms with Gasteiger partial charge in [0, 0.05) is 17.8 Å². The van der Waals surface area contributed by atoms with Crippen LogP contribution in [0.4, 0.5) is 15.8 Å². The molecule has 66 valence electrons. The molecule has 0 aliphatic heterocycles. The quantitative estimate of drug-likeness (QED) is 0.398. The molecular weight excluding hydrogens is 163 g/mol. The molecular formula is C7H9FN2O2. The summed E-state index contributed by atoms with van der Waals surface area (Å²) in [7, 11) is 0.500. The number of nitrogen functional groups attached to an aromatic ring is 1. The van der Waals surface area contributed by atoms with Gasteiger partial charge in [-0.3, -0.25) is 14.5 Å². The van der Waals surface area contributed by atoms with Gasteiger partial charge in [-0.1, -0.05) is 6.07 Å². The number of benzene rings is 1. The minimum Gasteiger partial charge on any atom is -0.399 e. The minimum absolute atomic E-state index is 0.0278. The molecule has 0 fully saturated rings. The van der Waals surface area contributed by atoms with Crippen molar-refractivity contribution in [3.05, 3.63) is 34.4 Å². The topological polar surface area (TPSA) is 69.2 Å². The van der Waals surface area contributed by atoms with Crippen molar-refractivity contribution in [3.63, 3.8) is 0 Å².